The van der Waals surface area contributed by atoms with Crippen molar-refractivity contribution < 1.29 is 14.4 Å². The summed E-state index contributed by atoms with van der Waals surface area (Å²) in [7, 11) is 0. The molecule has 1 saturated heterocycles. The van der Waals surface area contributed by atoms with Gasteiger partial charge in [-0.1, -0.05) is 24.3 Å². The van der Waals surface area contributed by atoms with Crippen LogP contribution in [0.1, 0.15) is 31.8 Å². The molecule has 0 aliphatic carbocycles. The van der Waals surface area contributed by atoms with E-state index in [1.807, 2.05) is 18.2 Å². The minimum absolute atomic E-state index is 0.109. The molecule has 2 aliphatic heterocycles. The molecule has 0 unspecified atom stereocenters. The summed E-state index contributed by atoms with van der Waals surface area (Å²) in [6, 6.07) is 9.78. The number of fused-ring (bicyclic) bond motifs is 1. The fourth-order valence-corrected chi connectivity index (χ4v) is 3.74. The Morgan fingerprint density at radius 1 is 0.857 bits per heavy atom. The molecule has 0 radical (unpaired) electrons. The molecule has 4 rings (SSSR count). The van der Waals surface area contributed by atoms with Crippen LogP contribution in [0.3, 0.4) is 0 Å². The second-order valence-corrected chi connectivity index (χ2v) is 7.14. The summed E-state index contributed by atoms with van der Waals surface area (Å²) in [5.74, 6) is -0.265. The third kappa shape index (κ3) is 3.60. The van der Waals surface area contributed by atoms with E-state index in [1.165, 1.54) is 18.0 Å². The lowest BCUT2D eigenvalue weighted by molar-refractivity contribution is -0.119. The molecular formula is C21H22N4O3. The van der Waals surface area contributed by atoms with E-state index in [0.717, 1.165) is 18.4 Å². The molecule has 1 fully saturated rings. The van der Waals surface area contributed by atoms with Gasteiger partial charge in [0.15, 0.2) is 0 Å². The number of nitrogens with zero attached hydrogens (tertiary/aromatic N) is 4. The molecule has 7 nitrogen and oxygen atoms in total. The number of rotatable bonds is 3. The predicted molar refractivity (Wildman–Crippen MR) is 103 cm³/mol. The van der Waals surface area contributed by atoms with Gasteiger partial charge in [-0.05, 0) is 23.6 Å². The molecule has 3 heterocycles. The van der Waals surface area contributed by atoms with Crippen LogP contribution in [0.5, 0.6) is 0 Å². The summed E-state index contributed by atoms with van der Waals surface area (Å²) in [4.78, 5) is 45.8. The number of amides is 3. The van der Waals surface area contributed by atoms with Gasteiger partial charge in [0.2, 0.25) is 6.41 Å². The standard InChI is InChI=1S/C21H22N4O3/c26-15-23-7-9-24(10-8-23)20(27)18-11-19(13-22-12-18)21(28)25-6-5-16-3-1-2-4-17(16)14-25/h1-4,11-13,15H,5-10,14H2. The molecule has 1 aromatic carbocycles. The molecule has 0 saturated carbocycles. The number of benzene rings is 1. The molecule has 2 aromatic rings. The smallest absolute Gasteiger partial charge is 0.255 e. The van der Waals surface area contributed by atoms with Crippen molar-refractivity contribution in [1.29, 1.82) is 0 Å². The van der Waals surface area contributed by atoms with Crippen LogP contribution in [0.25, 0.3) is 0 Å². The Bertz CT molecular complexity index is 906. The normalized spacial score (nSPS) is 16.5. The Balaban J connectivity index is 1.47. The van der Waals surface area contributed by atoms with E-state index in [2.05, 4.69) is 11.1 Å². The molecule has 0 spiro atoms. The van der Waals surface area contributed by atoms with E-state index in [9.17, 15) is 14.4 Å². The fraction of sp³-hybridized carbons (Fsp3) is 0.333. The highest BCUT2D eigenvalue weighted by Crippen LogP contribution is 2.20. The van der Waals surface area contributed by atoms with Gasteiger partial charge in [-0.15, -0.1) is 0 Å². The Kier molecular flexibility index (Phi) is 5.06. The van der Waals surface area contributed by atoms with Gasteiger partial charge >= 0.3 is 0 Å². The van der Waals surface area contributed by atoms with Gasteiger partial charge in [0, 0.05) is 51.7 Å². The van der Waals surface area contributed by atoms with Crippen molar-refractivity contribution in [3.8, 4) is 0 Å². The zero-order chi connectivity index (χ0) is 19.5. The molecule has 144 valence electrons. The van der Waals surface area contributed by atoms with E-state index in [0.29, 0.717) is 50.4 Å². The Labute approximate surface area is 163 Å². The van der Waals surface area contributed by atoms with Crippen LogP contribution in [0.4, 0.5) is 0 Å². The van der Waals surface area contributed by atoms with E-state index < -0.39 is 0 Å². The first-order valence-corrected chi connectivity index (χ1v) is 9.45. The number of carbonyl (C=O) groups is 3. The third-order valence-corrected chi connectivity index (χ3v) is 5.40. The highest BCUT2D eigenvalue weighted by atomic mass is 16.2. The monoisotopic (exact) mass is 378 g/mol. The lowest BCUT2D eigenvalue weighted by Crippen LogP contribution is -2.48. The van der Waals surface area contributed by atoms with Crippen molar-refractivity contribution in [2.75, 3.05) is 32.7 Å². The Morgan fingerprint density at radius 2 is 1.50 bits per heavy atom. The summed E-state index contributed by atoms with van der Waals surface area (Å²) in [5, 5.41) is 0. The average Bonchev–Trinajstić information content (AvgIpc) is 2.78. The number of hydrogen-bond acceptors (Lipinski definition) is 4. The van der Waals surface area contributed by atoms with Crippen LogP contribution in [0.15, 0.2) is 42.7 Å². The van der Waals surface area contributed by atoms with Gasteiger partial charge < -0.3 is 14.7 Å². The summed E-state index contributed by atoms with van der Waals surface area (Å²) in [6.45, 7) is 3.24. The summed E-state index contributed by atoms with van der Waals surface area (Å²) in [6.07, 6.45) is 4.65. The second-order valence-electron chi connectivity index (χ2n) is 7.14. The van der Waals surface area contributed by atoms with Crippen LogP contribution in [-0.4, -0.2) is 70.6 Å². The summed E-state index contributed by atoms with van der Waals surface area (Å²) in [5.41, 5.74) is 3.28. The molecule has 0 atom stereocenters. The maximum Gasteiger partial charge on any atom is 0.255 e. The number of carbonyl (C=O) groups excluding carboxylic acids is 3. The van der Waals surface area contributed by atoms with E-state index in [4.69, 9.17) is 0 Å². The number of hydrogen-bond donors (Lipinski definition) is 0. The van der Waals surface area contributed by atoms with Gasteiger partial charge in [-0.2, -0.15) is 0 Å². The minimum atomic E-state index is -0.156. The van der Waals surface area contributed by atoms with Crippen molar-refractivity contribution in [2.45, 2.75) is 13.0 Å². The minimum Gasteiger partial charge on any atom is -0.342 e. The lowest BCUT2D eigenvalue weighted by atomic mass is 9.99. The number of pyridine rings is 1. The van der Waals surface area contributed by atoms with Crippen molar-refractivity contribution in [1.82, 2.24) is 19.7 Å². The van der Waals surface area contributed by atoms with Crippen LogP contribution in [0.2, 0.25) is 0 Å². The van der Waals surface area contributed by atoms with Crippen LogP contribution in [-0.2, 0) is 17.8 Å². The van der Waals surface area contributed by atoms with Crippen molar-refractivity contribution in [2.24, 2.45) is 0 Å². The van der Waals surface area contributed by atoms with Gasteiger partial charge in [-0.3, -0.25) is 19.4 Å². The van der Waals surface area contributed by atoms with Gasteiger partial charge in [-0.25, -0.2) is 0 Å². The zero-order valence-electron chi connectivity index (χ0n) is 15.6. The zero-order valence-corrected chi connectivity index (χ0v) is 15.6. The number of aromatic nitrogens is 1. The summed E-state index contributed by atoms with van der Waals surface area (Å²) >= 11 is 0. The summed E-state index contributed by atoms with van der Waals surface area (Å²) < 4.78 is 0. The predicted octanol–water partition coefficient (Wildman–Crippen LogP) is 1.19. The SMILES string of the molecule is O=CN1CCN(C(=O)c2cncc(C(=O)N3CCc4ccccc4C3)c2)CC1. The third-order valence-electron chi connectivity index (χ3n) is 5.40. The van der Waals surface area contributed by atoms with Gasteiger partial charge in [0.05, 0.1) is 11.1 Å². The van der Waals surface area contributed by atoms with E-state index in [1.54, 1.807) is 20.8 Å². The largest absolute Gasteiger partial charge is 0.342 e. The highest BCUT2D eigenvalue weighted by molar-refractivity contribution is 5.99. The first kappa shape index (κ1) is 18.2. The number of piperazine rings is 1. The van der Waals surface area contributed by atoms with E-state index >= 15 is 0 Å². The van der Waals surface area contributed by atoms with Gasteiger partial charge in [0.25, 0.3) is 11.8 Å². The van der Waals surface area contributed by atoms with Crippen molar-refractivity contribution >= 4 is 18.2 Å². The van der Waals surface area contributed by atoms with Crippen LogP contribution >= 0.6 is 0 Å². The maximum atomic E-state index is 13.0. The highest BCUT2D eigenvalue weighted by Gasteiger charge is 2.25. The second kappa shape index (κ2) is 7.80. The molecule has 1 aromatic heterocycles. The molecule has 0 N–H and O–H groups in total. The molecule has 3 amide bonds. The maximum absolute atomic E-state index is 13.0. The first-order chi connectivity index (χ1) is 13.7. The van der Waals surface area contributed by atoms with Crippen LogP contribution < -0.4 is 0 Å². The van der Waals surface area contributed by atoms with E-state index in [-0.39, 0.29) is 11.8 Å². The Morgan fingerprint density at radius 3 is 2.18 bits per heavy atom. The van der Waals surface area contributed by atoms with Crippen molar-refractivity contribution in [3.05, 3.63) is 65.0 Å². The lowest BCUT2D eigenvalue weighted by Gasteiger charge is -2.32. The van der Waals surface area contributed by atoms with Crippen LogP contribution in [0, 0.1) is 0 Å². The molecular weight excluding hydrogens is 356 g/mol. The van der Waals surface area contributed by atoms with Crippen molar-refractivity contribution in [3.63, 3.8) is 0 Å². The molecule has 28 heavy (non-hydrogen) atoms. The Hall–Kier alpha value is -3.22. The molecule has 2 aliphatic rings. The fourth-order valence-electron chi connectivity index (χ4n) is 3.74. The topological polar surface area (TPSA) is 73.8 Å². The quantitative estimate of drug-likeness (QED) is 0.752. The first-order valence-electron chi connectivity index (χ1n) is 9.45. The molecule has 0 bridgehead atoms. The molecule has 7 heteroatoms. The average molecular weight is 378 g/mol. The van der Waals surface area contributed by atoms with Gasteiger partial charge in [0.1, 0.15) is 0 Å².